The smallest absolute Gasteiger partial charge is 0.289 e. The van der Waals surface area contributed by atoms with Crippen molar-refractivity contribution in [3.8, 4) is 29.7 Å². The summed E-state index contributed by atoms with van der Waals surface area (Å²) in [6.07, 6.45) is 4.63. The summed E-state index contributed by atoms with van der Waals surface area (Å²) in [5, 5.41) is 32.6. The highest BCUT2D eigenvalue weighted by Crippen LogP contribution is 2.35. The zero-order valence-corrected chi connectivity index (χ0v) is 60.3. The lowest BCUT2D eigenvalue weighted by atomic mass is 10.0. The number of nitrogens with zero attached hydrogens (tertiary/aromatic N) is 14. The van der Waals surface area contributed by atoms with Gasteiger partial charge in [-0.25, -0.2) is 0 Å². The van der Waals surface area contributed by atoms with Crippen LogP contribution in [0.5, 0.6) is 11.5 Å². The molecular weight excluding hydrogens is 1410 g/mol. The first kappa shape index (κ1) is 72.1. The SMILES string of the molecule is COc1ccc(C(=O)N2CCN(c3c(C#N)c(=O)n(CCN(C)C)c4ccc(C)cc34)CC2)cc1.COc1ccc(C(=O)N2CCN(c3c(C#N)c(=O)n(CCN(C)C)c4ccc(I)cc34)CC2)cc1.N#Cc1c(N2CCN(C(=O)c3ccco3)CC2)c2ccccc2n(Cc2ccoc2)c1=O. The maximum atomic E-state index is 13.4. The number of amides is 3. The number of aryl methyl sites for hydroxylation is 1. The third kappa shape index (κ3) is 15.6. The Labute approximate surface area is 603 Å². The Morgan fingerprint density at radius 1 is 0.490 bits per heavy atom. The maximum absolute atomic E-state index is 13.4. The molecular formula is C77H79IN14O10. The number of fused-ring (bicyclic) bond motifs is 3. The topological polar surface area (TPSA) is 259 Å². The molecule has 0 radical (unpaired) electrons. The number of carbonyl (C=O) groups excluding carboxylic acids is 3. The van der Waals surface area contributed by atoms with Gasteiger partial charge in [0.1, 0.15) is 46.4 Å². The van der Waals surface area contributed by atoms with Gasteiger partial charge in [0.15, 0.2) is 5.76 Å². The Hall–Kier alpha value is -11.2. The van der Waals surface area contributed by atoms with Gasteiger partial charge in [0.2, 0.25) is 0 Å². The largest absolute Gasteiger partial charge is 0.497 e. The first-order chi connectivity index (χ1) is 49.3. The summed E-state index contributed by atoms with van der Waals surface area (Å²) in [5.41, 5.74) is 7.07. The number of nitriles is 3. The van der Waals surface area contributed by atoms with Crippen molar-refractivity contribution in [2.45, 2.75) is 26.6 Å². The van der Waals surface area contributed by atoms with Gasteiger partial charge in [-0.1, -0.05) is 29.8 Å². The van der Waals surface area contributed by atoms with E-state index in [0.29, 0.717) is 157 Å². The standard InChI is InChI=1S/C27H31N5O3.C26H28IN5O3.C24H20N4O4/c1-19-5-10-24-22(17-19)25(23(18-28)27(34)32(24)16-11-29(2)3)30-12-14-31(15-13-30)26(33)20-6-8-21(35-4)9-7-20;1-29(2)10-15-32-23-9-6-19(27)16-21(23)24(22(17-28)26(32)34)30-11-13-31(14-12-30)25(33)18-4-7-20(35-3)8-5-18;25-14-19-22(26-8-10-27(11-9-26)24(30)21-6-3-12-32-21)18-4-1-2-5-20(18)28(23(19)29)15-17-7-13-31-16-17/h5-10,17H,11-16H2,1-4H3;4-9,16H,10-15H2,1-3H3;1-7,12-13,16H,8-11,15H2. The molecule has 5 aromatic heterocycles. The number of rotatable bonds is 16. The zero-order chi connectivity index (χ0) is 72.3. The summed E-state index contributed by atoms with van der Waals surface area (Å²) in [5.74, 6) is 1.49. The molecule has 3 aliphatic heterocycles. The minimum Gasteiger partial charge on any atom is -0.497 e. The van der Waals surface area contributed by atoms with E-state index < -0.39 is 0 Å². The van der Waals surface area contributed by atoms with Gasteiger partial charge in [0, 0.05) is 141 Å². The number of para-hydroxylation sites is 1. The van der Waals surface area contributed by atoms with E-state index in [2.05, 4.69) is 50.6 Å². The number of aromatic nitrogens is 3. The van der Waals surface area contributed by atoms with E-state index in [9.17, 15) is 44.6 Å². The van der Waals surface area contributed by atoms with Gasteiger partial charge in [0.05, 0.1) is 73.2 Å². The van der Waals surface area contributed by atoms with Crippen molar-refractivity contribution < 1.29 is 32.7 Å². The lowest BCUT2D eigenvalue weighted by Gasteiger charge is -2.37. The molecule has 24 nitrogen and oxygen atoms in total. The average Bonchev–Trinajstić information content (AvgIpc) is 0.830. The zero-order valence-electron chi connectivity index (χ0n) is 58.1. The van der Waals surface area contributed by atoms with Crippen LogP contribution >= 0.6 is 22.6 Å². The molecule has 10 aromatic rings. The van der Waals surface area contributed by atoms with Crippen molar-refractivity contribution in [1.82, 2.24) is 38.2 Å². The highest BCUT2D eigenvalue weighted by atomic mass is 127. The molecule has 0 spiro atoms. The molecule has 102 heavy (non-hydrogen) atoms. The van der Waals surface area contributed by atoms with E-state index in [0.717, 1.165) is 47.4 Å². The van der Waals surface area contributed by atoms with E-state index in [1.54, 1.807) is 112 Å². The first-order valence-electron chi connectivity index (χ1n) is 33.5. The minimum absolute atomic E-state index is 0.0346. The fourth-order valence-corrected chi connectivity index (χ4v) is 13.7. The van der Waals surface area contributed by atoms with Crippen molar-refractivity contribution in [2.75, 3.05) is 149 Å². The summed E-state index contributed by atoms with van der Waals surface area (Å²) < 4.78 is 26.8. The Morgan fingerprint density at radius 3 is 1.35 bits per heavy atom. The van der Waals surface area contributed by atoms with Crippen LogP contribution in [0.25, 0.3) is 32.7 Å². The lowest BCUT2D eigenvalue weighted by molar-refractivity contribution is 0.0712. The minimum atomic E-state index is -0.337. The van der Waals surface area contributed by atoms with Crippen molar-refractivity contribution in [3.63, 3.8) is 0 Å². The van der Waals surface area contributed by atoms with Crippen molar-refractivity contribution in [2.24, 2.45) is 0 Å². The number of hydrogen-bond donors (Lipinski definition) is 0. The molecule has 25 heteroatoms. The summed E-state index contributed by atoms with van der Waals surface area (Å²) in [6, 6.07) is 45.4. The van der Waals surface area contributed by atoms with Crippen LogP contribution in [0.2, 0.25) is 0 Å². The van der Waals surface area contributed by atoms with Crippen LogP contribution in [-0.2, 0) is 19.6 Å². The van der Waals surface area contributed by atoms with Crippen molar-refractivity contribution in [3.05, 3.63) is 226 Å². The second-order valence-electron chi connectivity index (χ2n) is 25.5. The van der Waals surface area contributed by atoms with Gasteiger partial charge in [-0.05, 0) is 161 Å². The van der Waals surface area contributed by atoms with Crippen molar-refractivity contribution in [1.29, 1.82) is 15.8 Å². The Kier molecular flexibility index (Phi) is 22.9. The molecule has 3 aliphatic rings. The molecule has 13 rings (SSSR count). The number of ether oxygens (including phenoxy) is 2. The molecule has 0 atom stereocenters. The predicted octanol–water partition coefficient (Wildman–Crippen LogP) is 8.79. The molecule has 8 heterocycles. The molecule has 5 aromatic carbocycles. The fourth-order valence-electron chi connectivity index (χ4n) is 13.2. The number of furan rings is 2. The number of halogens is 1. The van der Waals surface area contributed by atoms with Gasteiger partial charge in [-0.2, -0.15) is 15.8 Å². The summed E-state index contributed by atoms with van der Waals surface area (Å²) >= 11 is 2.26. The Balaban J connectivity index is 0.000000154. The van der Waals surface area contributed by atoms with Gasteiger partial charge in [-0.3, -0.25) is 28.8 Å². The highest BCUT2D eigenvalue weighted by Gasteiger charge is 2.32. The predicted molar refractivity (Wildman–Crippen MR) is 400 cm³/mol. The molecule has 3 saturated heterocycles. The van der Waals surface area contributed by atoms with Gasteiger partial charge >= 0.3 is 0 Å². The third-order valence-corrected chi connectivity index (χ3v) is 19.3. The van der Waals surface area contributed by atoms with Crippen LogP contribution in [0.15, 0.2) is 169 Å². The van der Waals surface area contributed by atoms with E-state index in [1.165, 1.54) is 6.26 Å². The normalized spacial score (nSPS) is 13.9. The van der Waals surface area contributed by atoms with Gasteiger partial charge < -0.3 is 71.2 Å². The van der Waals surface area contributed by atoms with Crippen LogP contribution in [0.1, 0.15) is 59.1 Å². The van der Waals surface area contributed by atoms with E-state index >= 15 is 0 Å². The number of piperazine rings is 3. The molecule has 0 aliphatic carbocycles. The maximum Gasteiger partial charge on any atom is 0.289 e. The average molecular weight is 1490 g/mol. The van der Waals surface area contributed by atoms with Crippen LogP contribution in [0.3, 0.4) is 0 Å². The molecule has 0 unspecified atom stereocenters. The third-order valence-electron chi connectivity index (χ3n) is 18.6. The van der Waals surface area contributed by atoms with Crippen LogP contribution < -0.4 is 40.9 Å². The van der Waals surface area contributed by atoms with Gasteiger partial charge in [-0.15, -0.1) is 0 Å². The van der Waals surface area contributed by atoms with E-state index in [-0.39, 0.29) is 51.1 Å². The van der Waals surface area contributed by atoms with Crippen LogP contribution in [0, 0.1) is 44.5 Å². The second kappa shape index (κ2) is 32.4. The quantitative estimate of drug-likeness (QED) is 0.0818. The molecule has 3 fully saturated rings. The summed E-state index contributed by atoms with van der Waals surface area (Å²) in [4.78, 5) is 94.3. The van der Waals surface area contributed by atoms with Crippen LogP contribution in [0.4, 0.5) is 17.1 Å². The number of carbonyl (C=O) groups is 3. The summed E-state index contributed by atoms with van der Waals surface area (Å²) in [7, 11) is 11.0. The number of methoxy groups -OCH3 is 2. The van der Waals surface area contributed by atoms with Gasteiger partial charge in [0.25, 0.3) is 34.4 Å². The fraction of sp³-hybridized carbons (Fsp3) is 0.312. The molecule has 0 saturated carbocycles. The Bertz CT molecular complexity index is 4820. The molecule has 0 N–H and O–H groups in total. The monoisotopic (exact) mass is 1490 g/mol. The lowest BCUT2D eigenvalue weighted by Crippen LogP contribution is -2.49. The molecule has 0 bridgehead atoms. The molecule has 524 valence electrons. The summed E-state index contributed by atoms with van der Waals surface area (Å²) in [6.45, 7) is 10.9. The van der Waals surface area contributed by atoms with Crippen molar-refractivity contribution >= 4 is 90.1 Å². The first-order valence-corrected chi connectivity index (χ1v) is 34.6. The number of likely N-dealkylation sites (N-methyl/N-ethyl adjacent to an activating group) is 2. The van der Waals surface area contributed by atoms with Crippen LogP contribution in [-0.4, -0.2) is 190 Å². The van der Waals surface area contributed by atoms with E-state index in [4.69, 9.17) is 18.3 Å². The number of anilines is 3. The number of pyridine rings is 3. The van der Waals surface area contributed by atoms with E-state index in [1.807, 2.05) is 120 Å². The number of benzene rings is 5. The highest BCUT2D eigenvalue weighted by molar-refractivity contribution is 14.1. The Morgan fingerprint density at radius 2 is 0.922 bits per heavy atom. The second-order valence-corrected chi connectivity index (χ2v) is 26.8. The molecule has 3 amide bonds. The number of hydrogen-bond acceptors (Lipinski definition) is 18.